The van der Waals surface area contributed by atoms with Crippen LogP contribution < -0.4 is 9.47 Å². The molecule has 202 valence electrons. The van der Waals surface area contributed by atoms with E-state index >= 15 is 0 Å². The standard InChI is InChI=1S/C34H31NO5/c1-2-22-39-27-18-16-25(17-19-27)32(36)30-31(26-12-9-15-29(23-26)40-28-13-7-4-8-14-28)35(34(38)33(30)37)21-20-24-10-5-3-6-11-24/h3-19,23,31,36H,2,20-22H2,1H3. The van der Waals surface area contributed by atoms with Crippen molar-refractivity contribution in [3.63, 3.8) is 0 Å². The normalized spacial score (nSPS) is 16.2. The van der Waals surface area contributed by atoms with E-state index in [4.69, 9.17) is 9.47 Å². The third kappa shape index (κ3) is 5.91. The number of Topliss-reactive ketones (excluding diaryl/α,β-unsaturated/α-hetero) is 1. The molecule has 6 nitrogen and oxygen atoms in total. The minimum absolute atomic E-state index is 0.0529. The number of aliphatic hydroxyl groups is 1. The van der Waals surface area contributed by atoms with Gasteiger partial charge in [-0.05, 0) is 72.5 Å². The maximum Gasteiger partial charge on any atom is 0.295 e. The van der Waals surface area contributed by atoms with Crippen molar-refractivity contribution in [1.82, 2.24) is 4.90 Å². The highest BCUT2D eigenvalue weighted by atomic mass is 16.5. The Morgan fingerprint density at radius 1 is 0.800 bits per heavy atom. The van der Waals surface area contributed by atoms with Crippen LogP contribution in [0, 0.1) is 0 Å². The van der Waals surface area contributed by atoms with Gasteiger partial charge in [-0.15, -0.1) is 0 Å². The number of carbonyl (C=O) groups excluding carboxylic acids is 2. The van der Waals surface area contributed by atoms with Gasteiger partial charge in [-0.3, -0.25) is 9.59 Å². The van der Waals surface area contributed by atoms with Crippen molar-refractivity contribution < 1.29 is 24.2 Å². The number of nitrogens with zero attached hydrogens (tertiary/aromatic N) is 1. The van der Waals surface area contributed by atoms with Gasteiger partial charge in [-0.25, -0.2) is 0 Å². The van der Waals surface area contributed by atoms with Gasteiger partial charge in [0.25, 0.3) is 11.7 Å². The molecule has 1 amide bonds. The number of ketones is 1. The molecule has 1 aliphatic heterocycles. The van der Waals surface area contributed by atoms with Crippen LogP contribution in [-0.4, -0.2) is 34.8 Å². The van der Waals surface area contributed by atoms with Gasteiger partial charge in [0, 0.05) is 12.1 Å². The largest absolute Gasteiger partial charge is 0.507 e. The number of amides is 1. The second-order valence-corrected chi connectivity index (χ2v) is 9.59. The predicted molar refractivity (Wildman–Crippen MR) is 154 cm³/mol. The lowest BCUT2D eigenvalue weighted by Gasteiger charge is -2.26. The molecular weight excluding hydrogens is 502 g/mol. The summed E-state index contributed by atoms with van der Waals surface area (Å²) in [7, 11) is 0. The lowest BCUT2D eigenvalue weighted by molar-refractivity contribution is -0.139. The predicted octanol–water partition coefficient (Wildman–Crippen LogP) is 6.93. The first-order valence-corrected chi connectivity index (χ1v) is 13.4. The van der Waals surface area contributed by atoms with Crippen molar-refractivity contribution in [2.45, 2.75) is 25.8 Å². The Hall–Kier alpha value is -4.84. The van der Waals surface area contributed by atoms with Crippen LogP contribution in [0.3, 0.4) is 0 Å². The number of rotatable bonds is 10. The second kappa shape index (κ2) is 12.3. The second-order valence-electron chi connectivity index (χ2n) is 9.59. The van der Waals surface area contributed by atoms with Crippen LogP contribution in [0.5, 0.6) is 17.2 Å². The number of likely N-dealkylation sites (tertiary alicyclic amines) is 1. The summed E-state index contributed by atoms with van der Waals surface area (Å²) in [6.45, 7) is 2.92. The lowest BCUT2D eigenvalue weighted by atomic mass is 9.95. The fourth-order valence-electron chi connectivity index (χ4n) is 4.81. The summed E-state index contributed by atoms with van der Waals surface area (Å²) < 4.78 is 11.7. The van der Waals surface area contributed by atoms with Gasteiger partial charge in [-0.2, -0.15) is 0 Å². The van der Waals surface area contributed by atoms with Crippen LogP contribution in [0.15, 0.2) is 115 Å². The van der Waals surface area contributed by atoms with E-state index in [9.17, 15) is 14.7 Å². The van der Waals surface area contributed by atoms with E-state index in [0.717, 1.165) is 12.0 Å². The van der Waals surface area contributed by atoms with Crippen molar-refractivity contribution in [2.24, 2.45) is 0 Å². The molecule has 0 aliphatic carbocycles. The maximum absolute atomic E-state index is 13.4. The number of carbonyl (C=O) groups is 2. The van der Waals surface area contributed by atoms with E-state index < -0.39 is 17.7 Å². The van der Waals surface area contributed by atoms with Gasteiger partial charge < -0.3 is 19.5 Å². The molecule has 1 unspecified atom stereocenters. The van der Waals surface area contributed by atoms with Gasteiger partial charge in [0.1, 0.15) is 23.0 Å². The Morgan fingerprint density at radius 2 is 1.48 bits per heavy atom. The zero-order valence-electron chi connectivity index (χ0n) is 22.3. The van der Waals surface area contributed by atoms with Crippen molar-refractivity contribution >= 4 is 17.4 Å². The number of para-hydroxylation sites is 1. The third-order valence-electron chi connectivity index (χ3n) is 6.78. The van der Waals surface area contributed by atoms with E-state index in [1.165, 1.54) is 0 Å². The molecule has 1 saturated heterocycles. The zero-order valence-corrected chi connectivity index (χ0v) is 22.3. The average Bonchev–Trinajstić information content (AvgIpc) is 3.25. The quantitative estimate of drug-likeness (QED) is 0.136. The van der Waals surface area contributed by atoms with E-state index in [-0.39, 0.29) is 11.3 Å². The molecule has 40 heavy (non-hydrogen) atoms. The summed E-state index contributed by atoms with van der Waals surface area (Å²) in [5.41, 5.74) is 2.21. The smallest absolute Gasteiger partial charge is 0.295 e. The zero-order chi connectivity index (χ0) is 27.9. The average molecular weight is 534 g/mol. The maximum atomic E-state index is 13.4. The van der Waals surface area contributed by atoms with Crippen molar-refractivity contribution in [3.8, 4) is 17.2 Å². The molecule has 1 fully saturated rings. The fourth-order valence-corrected chi connectivity index (χ4v) is 4.81. The Morgan fingerprint density at radius 3 is 2.17 bits per heavy atom. The molecule has 5 rings (SSSR count). The lowest BCUT2D eigenvalue weighted by Crippen LogP contribution is -2.31. The van der Waals surface area contributed by atoms with Gasteiger partial charge >= 0.3 is 0 Å². The van der Waals surface area contributed by atoms with E-state index in [0.29, 0.717) is 47.9 Å². The highest BCUT2D eigenvalue weighted by molar-refractivity contribution is 6.46. The summed E-state index contributed by atoms with van der Waals surface area (Å²) in [5.74, 6) is 0.333. The van der Waals surface area contributed by atoms with E-state index in [1.54, 1.807) is 29.2 Å². The Labute approximate surface area is 234 Å². The first kappa shape index (κ1) is 26.8. The van der Waals surface area contributed by atoms with Crippen LogP contribution in [-0.2, 0) is 16.0 Å². The monoisotopic (exact) mass is 533 g/mol. The molecule has 6 heteroatoms. The molecule has 0 spiro atoms. The molecule has 1 aliphatic rings. The van der Waals surface area contributed by atoms with E-state index in [1.807, 2.05) is 91.9 Å². The number of aliphatic hydroxyl groups excluding tert-OH is 1. The number of ether oxygens (including phenoxy) is 2. The van der Waals surface area contributed by atoms with Crippen LogP contribution in [0.25, 0.3) is 5.76 Å². The van der Waals surface area contributed by atoms with Crippen molar-refractivity contribution in [3.05, 3.63) is 131 Å². The van der Waals surface area contributed by atoms with Gasteiger partial charge in [-0.1, -0.05) is 67.6 Å². The topological polar surface area (TPSA) is 76.1 Å². The molecule has 4 aromatic rings. The number of benzene rings is 4. The molecule has 1 atom stereocenters. The van der Waals surface area contributed by atoms with Crippen molar-refractivity contribution in [1.29, 1.82) is 0 Å². The summed E-state index contributed by atoms with van der Waals surface area (Å²) in [4.78, 5) is 28.4. The highest BCUT2D eigenvalue weighted by Gasteiger charge is 2.46. The number of hydrogen-bond donors (Lipinski definition) is 1. The molecule has 0 saturated carbocycles. The summed E-state index contributed by atoms with van der Waals surface area (Å²) >= 11 is 0. The number of hydrogen-bond acceptors (Lipinski definition) is 5. The molecule has 1 N–H and O–H groups in total. The van der Waals surface area contributed by atoms with Crippen LogP contribution >= 0.6 is 0 Å². The molecule has 0 aromatic heterocycles. The van der Waals surface area contributed by atoms with Gasteiger partial charge in [0.05, 0.1) is 18.2 Å². The first-order valence-electron chi connectivity index (χ1n) is 13.4. The Balaban J connectivity index is 1.53. The van der Waals surface area contributed by atoms with Crippen LogP contribution in [0.2, 0.25) is 0 Å². The fraction of sp³-hybridized carbons (Fsp3) is 0.176. The van der Waals surface area contributed by atoms with Crippen molar-refractivity contribution in [2.75, 3.05) is 13.2 Å². The van der Waals surface area contributed by atoms with Crippen LogP contribution in [0.4, 0.5) is 0 Å². The SMILES string of the molecule is CCCOc1ccc(C(O)=C2C(=O)C(=O)N(CCc3ccccc3)C2c2cccc(Oc3ccccc3)c2)cc1. The molecule has 0 radical (unpaired) electrons. The molecular formula is C34H31NO5. The third-order valence-corrected chi connectivity index (χ3v) is 6.78. The Bertz CT molecular complexity index is 1500. The summed E-state index contributed by atoms with van der Waals surface area (Å²) in [5, 5.41) is 11.4. The molecule has 1 heterocycles. The first-order chi connectivity index (χ1) is 19.5. The minimum Gasteiger partial charge on any atom is -0.507 e. The highest BCUT2D eigenvalue weighted by Crippen LogP contribution is 2.41. The van der Waals surface area contributed by atoms with Crippen LogP contribution in [0.1, 0.15) is 36.1 Å². The van der Waals surface area contributed by atoms with E-state index in [2.05, 4.69) is 0 Å². The van der Waals surface area contributed by atoms with Gasteiger partial charge in [0.2, 0.25) is 0 Å². The minimum atomic E-state index is -0.779. The summed E-state index contributed by atoms with van der Waals surface area (Å²) in [6, 6.07) is 32.6. The van der Waals surface area contributed by atoms with Gasteiger partial charge in [0.15, 0.2) is 0 Å². The molecule has 4 aromatic carbocycles. The summed E-state index contributed by atoms with van der Waals surface area (Å²) in [6.07, 6.45) is 1.44. The Kier molecular flexibility index (Phi) is 8.26. The molecule has 0 bridgehead atoms.